The summed E-state index contributed by atoms with van der Waals surface area (Å²) in [5, 5.41) is 23.1. The molecule has 0 heterocycles. The molecule has 1 aromatic rings. The van der Waals surface area contributed by atoms with Crippen molar-refractivity contribution in [1.82, 2.24) is 5.32 Å². The average Bonchev–Trinajstić information content (AvgIpc) is 2.61. The minimum absolute atomic E-state index is 0.0982. The summed E-state index contributed by atoms with van der Waals surface area (Å²) < 4.78 is 5.11. The molecule has 1 aromatic carbocycles. The smallest absolute Gasteiger partial charge is 0.335 e. The molecule has 27 heavy (non-hydrogen) atoms. The quantitative estimate of drug-likeness (QED) is 0.355. The maximum atomic E-state index is 11.9. The van der Waals surface area contributed by atoms with E-state index in [1.54, 1.807) is 31.2 Å². The summed E-state index contributed by atoms with van der Waals surface area (Å²) in [5.74, 6) is -3.42. The van der Waals surface area contributed by atoms with E-state index in [4.69, 9.17) is 20.7 Å². The third-order valence-electron chi connectivity index (χ3n) is 3.49. The van der Waals surface area contributed by atoms with Gasteiger partial charge in [-0.3, -0.25) is 14.4 Å². The van der Waals surface area contributed by atoms with Gasteiger partial charge in [-0.1, -0.05) is 19.1 Å². The van der Waals surface area contributed by atoms with Crippen molar-refractivity contribution in [1.29, 1.82) is 0 Å². The molecule has 0 fully saturated rings. The van der Waals surface area contributed by atoms with E-state index in [1.807, 2.05) is 0 Å². The number of carboxylic acids is 2. The fourth-order valence-electron chi connectivity index (χ4n) is 2.05. The van der Waals surface area contributed by atoms with Crippen LogP contribution in [0.1, 0.15) is 25.3 Å². The minimum Gasteiger partial charge on any atom is -0.480 e. The molecule has 0 aromatic heterocycles. The number of anilines is 1. The van der Waals surface area contributed by atoms with Gasteiger partial charge in [0.05, 0.1) is 6.61 Å². The van der Waals surface area contributed by atoms with Gasteiger partial charge in [0.2, 0.25) is 11.8 Å². The zero-order valence-electron chi connectivity index (χ0n) is 14.8. The van der Waals surface area contributed by atoms with Gasteiger partial charge in [0.1, 0.15) is 6.04 Å². The molecule has 2 atom stereocenters. The molecule has 148 valence electrons. The normalized spacial score (nSPS) is 12.7. The molecular formula is C17H23N3O7. The molecule has 0 saturated heterocycles. The summed E-state index contributed by atoms with van der Waals surface area (Å²) in [7, 11) is 0. The van der Waals surface area contributed by atoms with Gasteiger partial charge >= 0.3 is 11.9 Å². The van der Waals surface area contributed by atoms with Gasteiger partial charge in [0.15, 0.2) is 6.10 Å². The molecule has 10 heteroatoms. The number of aliphatic carboxylic acids is 2. The maximum Gasteiger partial charge on any atom is 0.335 e. The van der Waals surface area contributed by atoms with Crippen LogP contribution >= 0.6 is 0 Å². The topological polar surface area (TPSA) is 168 Å². The van der Waals surface area contributed by atoms with Crippen molar-refractivity contribution < 1.29 is 34.1 Å². The second-order valence-electron chi connectivity index (χ2n) is 5.64. The Morgan fingerprint density at radius 1 is 1.15 bits per heavy atom. The lowest BCUT2D eigenvalue weighted by Gasteiger charge is -2.17. The Morgan fingerprint density at radius 3 is 2.44 bits per heavy atom. The van der Waals surface area contributed by atoms with Gasteiger partial charge in [-0.15, -0.1) is 0 Å². The standard InChI is InChI=1S/C17H23N3O7/c1-2-12(21)19-7-6-13(22)20-11-5-3-4-10(8-11)9-27-15(17(25)26)14(18)16(23)24/h3-5,8,14-15H,2,6-7,9,18H2,1H3,(H,19,21)(H,20,22)(H,23,24)(H,25,26)/t14-,15-/m0/s1. The van der Waals surface area contributed by atoms with Crippen LogP contribution in [-0.4, -0.2) is 52.7 Å². The van der Waals surface area contributed by atoms with Crippen molar-refractivity contribution in [2.45, 2.75) is 38.5 Å². The lowest BCUT2D eigenvalue weighted by molar-refractivity contribution is -0.159. The fraction of sp³-hybridized carbons (Fsp3) is 0.412. The maximum absolute atomic E-state index is 11.9. The molecule has 10 nitrogen and oxygen atoms in total. The first-order chi connectivity index (χ1) is 12.7. The Balaban J connectivity index is 2.60. The highest BCUT2D eigenvalue weighted by Gasteiger charge is 2.31. The second kappa shape index (κ2) is 10.9. The van der Waals surface area contributed by atoms with E-state index in [0.29, 0.717) is 17.7 Å². The van der Waals surface area contributed by atoms with Gasteiger partial charge < -0.3 is 31.3 Å². The average molecular weight is 381 g/mol. The number of carbonyl (C=O) groups excluding carboxylic acids is 2. The van der Waals surface area contributed by atoms with Gasteiger partial charge in [-0.2, -0.15) is 0 Å². The van der Waals surface area contributed by atoms with Gasteiger partial charge in [-0.05, 0) is 17.7 Å². The summed E-state index contributed by atoms with van der Waals surface area (Å²) in [5.41, 5.74) is 6.29. The number of rotatable bonds is 11. The van der Waals surface area contributed by atoms with E-state index in [2.05, 4.69) is 10.6 Å². The Labute approximate surface area is 155 Å². The highest BCUT2D eigenvalue weighted by molar-refractivity contribution is 5.91. The number of carboxylic acid groups (broad SMARTS) is 2. The number of amides is 2. The number of hydrogen-bond acceptors (Lipinski definition) is 6. The summed E-state index contributed by atoms with van der Waals surface area (Å²) in [6.45, 7) is 1.73. The Morgan fingerprint density at radius 2 is 1.85 bits per heavy atom. The van der Waals surface area contributed by atoms with Crippen LogP contribution in [0, 0.1) is 0 Å². The molecule has 0 radical (unpaired) electrons. The second-order valence-corrected chi connectivity index (χ2v) is 5.64. The number of benzene rings is 1. The number of nitrogens with one attached hydrogen (secondary N) is 2. The van der Waals surface area contributed by atoms with Crippen LogP contribution in [0.4, 0.5) is 5.69 Å². The summed E-state index contributed by atoms with van der Waals surface area (Å²) in [6, 6.07) is 4.74. The lowest BCUT2D eigenvalue weighted by Crippen LogP contribution is -2.47. The third-order valence-corrected chi connectivity index (χ3v) is 3.49. The van der Waals surface area contributed by atoms with Crippen molar-refractivity contribution >= 4 is 29.4 Å². The number of hydrogen-bond donors (Lipinski definition) is 5. The predicted octanol–water partition coefficient (Wildman–Crippen LogP) is -0.0769. The van der Waals surface area contributed by atoms with Crippen LogP contribution < -0.4 is 16.4 Å². The van der Waals surface area contributed by atoms with E-state index in [9.17, 15) is 19.2 Å². The zero-order valence-corrected chi connectivity index (χ0v) is 14.8. The van der Waals surface area contributed by atoms with Gasteiger partial charge in [0, 0.05) is 25.1 Å². The van der Waals surface area contributed by atoms with Gasteiger partial charge in [-0.25, -0.2) is 4.79 Å². The molecule has 1 rings (SSSR count). The fourth-order valence-corrected chi connectivity index (χ4v) is 2.05. The predicted molar refractivity (Wildman–Crippen MR) is 94.8 cm³/mol. The van der Waals surface area contributed by atoms with Crippen LogP contribution in [-0.2, 0) is 30.5 Å². The molecule has 0 aliphatic heterocycles. The van der Waals surface area contributed by atoms with Crippen molar-refractivity contribution in [3.63, 3.8) is 0 Å². The third kappa shape index (κ3) is 7.84. The molecule has 0 unspecified atom stereocenters. The highest BCUT2D eigenvalue weighted by Crippen LogP contribution is 2.13. The van der Waals surface area contributed by atoms with Crippen LogP contribution in [0.25, 0.3) is 0 Å². The molecule has 0 bridgehead atoms. The van der Waals surface area contributed by atoms with Crippen LogP contribution in [0.15, 0.2) is 24.3 Å². The summed E-state index contributed by atoms with van der Waals surface area (Å²) in [6.07, 6.45) is -1.27. The Hall–Kier alpha value is -2.98. The Bertz CT molecular complexity index is 693. The van der Waals surface area contributed by atoms with Gasteiger partial charge in [0.25, 0.3) is 0 Å². The molecule has 6 N–H and O–H groups in total. The molecule has 0 saturated carbocycles. The van der Waals surface area contributed by atoms with Crippen molar-refractivity contribution in [3.8, 4) is 0 Å². The molecule has 0 aliphatic carbocycles. The van der Waals surface area contributed by atoms with Crippen LogP contribution in [0.3, 0.4) is 0 Å². The first kappa shape index (κ1) is 22.1. The van der Waals surface area contributed by atoms with E-state index in [0.717, 1.165) is 0 Å². The van der Waals surface area contributed by atoms with Crippen molar-refractivity contribution in [2.24, 2.45) is 5.73 Å². The zero-order chi connectivity index (χ0) is 20.4. The van der Waals surface area contributed by atoms with E-state index in [1.165, 1.54) is 0 Å². The SMILES string of the molecule is CCC(=O)NCCC(=O)Nc1cccc(CO[C@H](C(=O)O)[C@H](N)C(=O)O)c1. The summed E-state index contributed by atoms with van der Waals surface area (Å²) in [4.78, 5) is 44.9. The van der Waals surface area contributed by atoms with Crippen molar-refractivity contribution in [3.05, 3.63) is 29.8 Å². The first-order valence-corrected chi connectivity index (χ1v) is 8.22. The van der Waals surface area contributed by atoms with Crippen LogP contribution in [0.5, 0.6) is 0 Å². The largest absolute Gasteiger partial charge is 0.480 e. The van der Waals surface area contributed by atoms with E-state index >= 15 is 0 Å². The molecule has 0 spiro atoms. The number of nitrogens with two attached hydrogens (primary N) is 1. The summed E-state index contributed by atoms with van der Waals surface area (Å²) >= 11 is 0. The molecule has 0 aliphatic rings. The lowest BCUT2D eigenvalue weighted by atomic mass is 10.1. The highest BCUT2D eigenvalue weighted by atomic mass is 16.5. The monoisotopic (exact) mass is 381 g/mol. The molecule has 2 amide bonds. The Kier molecular flexibility index (Phi) is 8.90. The number of ether oxygens (including phenoxy) is 1. The van der Waals surface area contributed by atoms with Crippen LogP contribution in [0.2, 0.25) is 0 Å². The van der Waals surface area contributed by atoms with E-state index in [-0.39, 0.29) is 31.4 Å². The number of carbonyl (C=O) groups is 4. The first-order valence-electron chi connectivity index (χ1n) is 8.22. The van der Waals surface area contributed by atoms with Crippen molar-refractivity contribution in [2.75, 3.05) is 11.9 Å². The molecular weight excluding hydrogens is 358 g/mol. The van der Waals surface area contributed by atoms with E-state index < -0.39 is 24.1 Å². The minimum atomic E-state index is -1.71.